The summed E-state index contributed by atoms with van der Waals surface area (Å²) in [4.78, 5) is 3.44. The first-order valence-electron chi connectivity index (χ1n) is 4.86. The molecule has 1 rings (SSSR count). The average Bonchev–Trinajstić information content (AvgIpc) is 2.27. The van der Waals surface area contributed by atoms with E-state index >= 15 is 0 Å². The molecule has 0 aromatic carbocycles. The van der Waals surface area contributed by atoms with Crippen molar-refractivity contribution in [3.8, 4) is 0 Å². The predicted octanol–water partition coefficient (Wildman–Crippen LogP) is 0.877. The fourth-order valence-electron chi connectivity index (χ4n) is 1.24. The van der Waals surface area contributed by atoms with Gasteiger partial charge in [-0.05, 0) is 18.6 Å². The lowest BCUT2D eigenvalue weighted by Gasteiger charge is -2.16. The van der Waals surface area contributed by atoms with Gasteiger partial charge in [0.1, 0.15) is 6.10 Å². The molecule has 0 radical (unpaired) electrons. The van der Waals surface area contributed by atoms with Crippen molar-refractivity contribution in [1.29, 1.82) is 0 Å². The van der Waals surface area contributed by atoms with E-state index in [2.05, 4.69) is 4.98 Å². The Hall–Kier alpha value is -1.18. The molecule has 4 nitrogen and oxygen atoms in total. The summed E-state index contributed by atoms with van der Waals surface area (Å²) in [6, 6.07) is 1.77. The third-order valence-corrected chi connectivity index (χ3v) is 2.21. The Morgan fingerprint density at radius 3 is 2.29 bits per heavy atom. The van der Waals surface area contributed by atoms with Crippen LogP contribution in [-0.4, -0.2) is 33.0 Å². The Morgan fingerprint density at radius 2 is 1.88 bits per heavy atom. The molecular weight excluding hydrogens is 239 g/mol. The Balaban J connectivity index is 2.80. The number of aliphatic hydroxyl groups is 3. The molecular formula is C10H12F3NO3. The van der Waals surface area contributed by atoms with Gasteiger partial charge in [-0.2, -0.15) is 13.2 Å². The molecule has 0 bridgehead atoms. The van der Waals surface area contributed by atoms with E-state index in [-0.39, 0.29) is 18.7 Å². The molecule has 0 amide bonds. The second kappa shape index (κ2) is 5.44. The molecule has 0 saturated carbocycles. The molecule has 3 N–H and O–H groups in total. The molecule has 1 heterocycles. The average molecular weight is 251 g/mol. The minimum absolute atomic E-state index is 0.0704. The minimum atomic E-state index is -4.49. The van der Waals surface area contributed by atoms with Crippen LogP contribution in [-0.2, 0) is 6.18 Å². The Labute approximate surface area is 95.4 Å². The number of alkyl halides is 3. The lowest BCUT2D eigenvalue weighted by molar-refractivity contribution is -0.137. The summed E-state index contributed by atoms with van der Waals surface area (Å²) >= 11 is 0. The summed E-state index contributed by atoms with van der Waals surface area (Å²) in [5, 5.41) is 27.4. The van der Waals surface area contributed by atoms with E-state index in [0.29, 0.717) is 6.20 Å². The van der Waals surface area contributed by atoms with Crippen molar-refractivity contribution in [1.82, 2.24) is 4.98 Å². The van der Waals surface area contributed by atoms with Crippen LogP contribution in [0.15, 0.2) is 18.3 Å². The van der Waals surface area contributed by atoms with Crippen LogP contribution in [0.1, 0.15) is 23.8 Å². The number of rotatable bonds is 4. The van der Waals surface area contributed by atoms with Gasteiger partial charge < -0.3 is 15.3 Å². The van der Waals surface area contributed by atoms with Crippen LogP contribution in [0.4, 0.5) is 13.2 Å². The summed E-state index contributed by atoms with van der Waals surface area (Å²) in [6.45, 7) is -0.334. The van der Waals surface area contributed by atoms with Crippen LogP contribution >= 0.6 is 0 Å². The van der Waals surface area contributed by atoms with Crippen molar-refractivity contribution >= 4 is 0 Å². The quantitative estimate of drug-likeness (QED) is 0.742. The molecule has 1 aromatic heterocycles. The lowest BCUT2D eigenvalue weighted by Crippen LogP contribution is -2.20. The van der Waals surface area contributed by atoms with Gasteiger partial charge in [-0.3, -0.25) is 4.98 Å². The molecule has 0 spiro atoms. The second-order valence-electron chi connectivity index (χ2n) is 3.49. The number of pyridine rings is 1. The molecule has 0 saturated heterocycles. The first kappa shape index (κ1) is 13.9. The molecule has 2 unspecified atom stereocenters. The third-order valence-electron chi connectivity index (χ3n) is 2.21. The number of nitrogens with zero attached hydrogens (tertiary/aromatic N) is 1. The Kier molecular flexibility index (Phi) is 4.44. The number of aromatic nitrogens is 1. The number of aliphatic hydroxyl groups excluding tert-OH is 3. The van der Waals surface area contributed by atoms with Crippen molar-refractivity contribution in [2.45, 2.75) is 24.8 Å². The molecule has 0 aliphatic carbocycles. The molecule has 2 atom stereocenters. The zero-order chi connectivity index (χ0) is 13.1. The normalized spacial score (nSPS) is 15.6. The summed E-state index contributed by atoms with van der Waals surface area (Å²) in [5.41, 5.74) is -0.996. The molecule has 0 aliphatic heterocycles. The summed E-state index contributed by atoms with van der Waals surface area (Å²) in [6.07, 6.45) is -6.65. The van der Waals surface area contributed by atoms with Crippen LogP contribution in [0.2, 0.25) is 0 Å². The van der Waals surface area contributed by atoms with Crippen LogP contribution in [0.5, 0.6) is 0 Å². The van der Waals surface area contributed by atoms with Gasteiger partial charge in [-0.15, -0.1) is 0 Å². The highest BCUT2D eigenvalue weighted by molar-refractivity contribution is 5.18. The van der Waals surface area contributed by atoms with Crippen molar-refractivity contribution in [3.63, 3.8) is 0 Å². The van der Waals surface area contributed by atoms with E-state index in [1.807, 2.05) is 0 Å². The van der Waals surface area contributed by atoms with Gasteiger partial charge in [0, 0.05) is 12.8 Å². The van der Waals surface area contributed by atoms with Crippen molar-refractivity contribution in [2.75, 3.05) is 6.61 Å². The third kappa shape index (κ3) is 3.65. The molecule has 1 aromatic rings. The van der Waals surface area contributed by atoms with Crippen molar-refractivity contribution < 1.29 is 28.5 Å². The lowest BCUT2D eigenvalue weighted by atomic mass is 10.1. The summed E-state index contributed by atoms with van der Waals surface area (Å²) in [5.74, 6) is 0. The maximum Gasteiger partial charge on any atom is 0.417 e. The summed E-state index contributed by atoms with van der Waals surface area (Å²) in [7, 11) is 0. The molecule has 0 aliphatic rings. The van der Waals surface area contributed by atoms with Gasteiger partial charge in [0.25, 0.3) is 0 Å². The maximum atomic E-state index is 12.2. The van der Waals surface area contributed by atoms with Gasteiger partial charge in [-0.1, -0.05) is 0 Å². The zero-order valence-corrected chi connectivity index (χ0v) is 8.72. The number of hydrogen-bond acceptors (Lipinski definition) is 4. The van der Waals surface area contributed by atoms with E-state index in [1.54, 1.807) is 0 Å². The van der Waals surface area contributed by atoms with E-state index in [4.69, 9.17) is 5.11 Å². The topological polar surface area (TPSA) is 73.6 Å². The molecule has 17 heavy (non-hydrogen) atoms. The molecule has 7 heteroatoms. The SMILES string of the molecule is OCCC(O)C(O)c1ccc(C(F)(F)F)cn1. The Bertz CT molecular complexity index is 353. The van der Waals surface area contributed by atoms with Crippen LogP contribution < -0.4 is 0 Å². The van der Waals surface area contributed by atoms with Crippen molar-refractivity contribution in [3.05, 3.63) is 29.6 Å². The maximum absolute atomic E-state index is 12.2. The first-order valence-corrected chi connectivity index (χ1v) is 4.86. The zero-order valence-electron chi connectivity index (χ0n) is 8.72. The van der Waals surface area contributed by atoms with Crippen LogP contribution in [0.25, 0.3) is 0 Å². The van der Waals surface area contributed by atoms with E-state index in [0.717, 1.165) is 12.1 Å². The van der Waals surface area contributed by atoms with Crippen LogP contribution in [0, 0.1) is 0 Å². The van der Waals surface area contributed by atoms with Gasteiger partial charge in [0.05, 0.1) is 17.4 Å². The minimum Gasteiger partial charge on any atom is -0.396 e. The predicted molar refractivity (Wildman–Crippen MR) is 51.9 cm³/mol. The highest BCUT2D eigenvalue weighted by atomic mass is 19.4. The van der Waals surface area contributed by atoms with Gasteiger partial charge in [-0.25, -0.2) is 0 Å². The monoisotopic (exact) mass is 251 g/mol. The fourth-order valence-corrected chi connectivity index (χ4v) is 1.24. The highest BCUT2D eigenvalue weighted by Crippen LogP contribution is 2.29. The molecule has 0 fully saturated rings. The first-order chi connectivity index (χ1) is 7.86. The number of hydrogen-bond donors (Lipinski definition) is 3. The van der Waals surface area contributed by atoms with E-state index in [1.165, 1.54) is 0 Å². The summed E-state index contributed by atoms with van der Waals surface area (Å²) < 4.78 is 36.6. The molecule has 96 valence electrons. The van der Waals surface area contributed by atoms with Gasteiger partial charge in [0.2, 0.25) is 0 Å². The fraction of sp³-hybridized carbons (Fsp3) is 0.500. The van der Waals surface area contributed by atoms with E-state index in [9.17, 15) is 23.4 Å². The van der Waals surface area contributed by atoms with E-state index < -0.39 is 23.9 Å². The highest BCUT2D eigenvalue weighted by Gasteiger charge is 2.31. The smallest absolute Gasteiger partial charge is 0.396 e. The van der Waals surface area contributed by atoms with Gasteiger partial charge in [0.15, 0.2) is 0 Å². The second-order valence-corrected chi connectivity index (χ2v) is 3.49. The Morgan fingerprint density at radius 1 is 1.24 bits per heavy atom. The van der Waals surface area contributed by atoms with Gasteiger partial charge >= 0.3 is 6.18 Å². The largest absolute Gasteiger partial charge is 0.417 e. The number of halogens is 3. The standard InChI is InChI=1S/C10H12F3NO3/c11-10(12,13)6-1-2-7(14-5-6)9(17)8(16)3-4-15/h1-2,5,8-9,15-17H,3-4H2. The van der Waals surface area contributed by atoms with Crippen molar-refractivity contribution in [2.24, 2.45) is 0 Å². The van der Waals surface area contributed by atoms with Crippen LogP contribution in [0.3, 0.4) is 0 Å².